The van der Waals surface area contributed by atoms with E-state index in [9.17, 15) is 0 Å². The van der Waals surface area contributed by atoms with E-state index in [0.29, 0.717) is 0 Å². The molecule has 2 N–H and O–H groups in total. The van der Waals surface area contributed by atoms with Gasteiger partial charge < -0.3 is 5.73 Å². The molecule has 2 heteroatoms. The zero-order valence-electron chi connectivity index (χ0n) is 12.0. The third kappa shape index (κ3) is 4.74. The average Bonchev–Trinajstić information content (AvgIpc) is 2.32. The first-order valence-corrected chi connectivity index (χ1v) is 6.49. The van der Waals surface area contributed by atoms with Crippen LogP contribution in [0.4, 0.5) is 0 Å². The van der Waals surface area contributed by atoms with Gasteiger partial charge in [-0.3, -0.25) is 4.99 Å². The number of nitrogens with zero attached hydrogens (tertiary/aromatic N) is 1. The van der Waals surface area contributed by atoms with Gasteiger partial charge in [-0.15, -0.1) is 0 Å². The molecule has 98 valence electrons. The molecule has 18 heavy (non-hydrogen) atoms. The summed E-state index contributed by atoms with van der Waals surface area (Å²) in [5.41, 5.74) is 11.8. The Labute approximate surface area is 111 Å². The first kappa shape index (κ1) is 14.5. The molecule has 1 rings (SSSR count). The molecule has 0 radical (unpaired) electrons. The third-order valence-electron chi connectivity index (χ3n) is 3.04. The van der Waals surface area contributed by atoms with Gasteiger partial charge in [0.2, 0.25) is 0 Å². The zero-order chi connectivity index (χ0) is 13.5. The molecule has 0 fully saturated rings. The van der Waals surface area contributed by atoms with Crippen molar-refractivity contribution in [2.45, 2.75) is 40.5 Å². The Morgan fingerprint density at radius 1 is 1.39 bits per heavy atom. The lowest BCUT2D eigenvalue weighted by molar-refractivity contribution is 0.954. The summed E-state index contributed by atoms with van der Waals surface area (Å²) >= 11 is 0. The van der Waals surface area contributed by atoms with Gasteiger partial charge >= 0.3 is 0 Å². The number of hydrogen-bond donors (Lipinski definition) is 1. The lowest BCUT2D eigenvalue weighted by Crippen LogP contribution is -2.05. The van der Waals surface area contributed by atoms with Crippen molar-refractivity contribution < 1.29 is 0 Å². The van der Waals surface area contributed by atoms with Gasteiger partial charge in [0.05, 0.1) is 6.54 Å². The minimum absolute atomic E-state index is 0.783. The molecule has 0 aromatic carbocycles. The second kappa shape index (κ2) is 7.00. The summed E-state index contributed by atoms with van der Waals surface area (Å²) in [7, 11) is 0. The molecular weight excluding hydrogens is 220 g/mol. The van der Waals surface area contributed by atoms with Gasteiger partial charge in [-0.2, -0.15) is 0 Å². The van der Waals surface area contributed by atoms with E-state index in [0.717, 1.165) is 30.8 Å². The highest BCUT2D eigenvalue weighted by molar-refractivity contribution is 5.95. The Bertz CT molecular complexity index is 442. The van der Waals surface area contributed by atoms with Crippen LogP contribution < -0.4 is 5.73 Å². The van der Waals surface area contributed by atoms with E-state index in [1.807, 2.05) is 0 Å². The third-order valence-corrected chi connectivity index (χ3v) is 3.04. The van der Waals surface area contributed by atoms with Crippen LogP contribution in [-0.4, -0.2) is 12.3 Å². The first-order valence-electron chi connectivity index (χ1n) is 6.49. The van der Waals surface area contributed by atoms with Crippen LogP contribution in [0.25, 0.3) is 0 Å². The van der Waals surface area contributed by atoms with Gasteiger partial charge in [0.25, 0.3) is 0 Å². The van der Waals surface area contributed by atoms with Crippen LogP contribution in [0.15, 0.2) is 51.7 Å². The number of nitrogens with two attached hydrogens (primary N) is 1. The maximum Gasteiger partial charge on any atom is 0.0603 e. The summed E-state index contributed by atoms with van der Waals surface area (Å²) in [4.78, 5) is 4.62. The highest BCUT2D eigenvalue weighted by atomic mass is 14.7. The molecule has 0 spiro atoms. The summed E-state index contributed by atoms with van der Waals surface area (Å²) in [5.74, 6) is 0. The molecule has 1 aliphatic heterocycles. The van der Waals surface area contributed by atoms with Crippen LogP contribution >= 0.6 is 0 Å². The van der Waals surface area contributed by atoms with E-state index in [1.54, 1.807) is 0 Å². The molecule has 0 saturated carbocycles. The summed E-state index contributed by atoms with van der Waals surface area (Å²) in [6.07, 6.45) is 10.3. The van der Waals surface area contributed by atoms with Crippen molar-refractivity contribution in [3.8, 4) is 0 Å². The highest BCUT2D eigenvalue weighted by Gasteiger charge is 2.02. The van der Waals surface area contributed by atoms with E-state index in [4.69, 9.17) is 5.73 Å². The largest absolute Gasteiger partial charge is 0.402 e. The van der Waals surface area contributed by atoms with E-state index in [1.165, 1.54) is 16.7 Å². The summed E-state index contributed by atoms with van der Waals surface area (Å²) < 4.78 is 0. The molecular formula is C16H24N2. The summed E-state index contributed by atoms with van der Waals surface area (Å²) in [5, 5.41) is 0. The standard InChI is InChI=1S/C16H24N2/c1-5-14-6-7-15(18-11-13(4)10-14)8-9-16(17)12(2)3/h5-7,10H,8-9,11,17H2,1-4H3/b7-6-,13-10?,14-5-,18-15?. The molecule has 0 aliphatic carbocycles. The van der Waals surface area contributed by atoms with Gasteiger partial charge in [-0.05, 0) is 52.2 Å². The molecule has 2 nitrogen and oxygen atoms in total. The first-order chi connectivity index (χ1) is 8.52. The van der Waals surface area contributed by atoms with E-state index in [-0.39, 0.29) is 0 Å². The molecule has 0 saturated heterocycles. The molecule has 1 heterocycles. The smallest absolute Gasteiger partial charge is 0.0603 e. The number of allylic oxidation sites excluding steroid dienone is 7. The van der Waals surface area contributed by atoms with Crippen molar-refractivity contribution in [3.63, 3.8) is 0 Å². The van der Waals surface area contributed by atoms with Crippen molar-refractivity contribution in [1.29, 1.82) is 0 Å². The van der Waals surface area contributed by atoms with E-state index in [2.05, 4.69) is 57.0 Å². The minimum atomic E-state index is 0.783. The monoisotopic (exact) mass is 244 g/mol. The Morgan fingerprint density at radius 3 is 2.72 bits per heavy atom. The maximum atomic E-state index is 5.96. The molecule has 0 atom stereocenters. The highest BCUT2D eigenvalue weighted by Crippen LogP contribution is 2.12. The Kier molecular flexibility index (Phi) is 5.63. The fraction of sp³-hybridized carbons (Fsp3) is 0.438. The van der Waals surface area contributed by atoms with Gasteiger partial charge in [0, 0.05) is 11.4 Å². The van der Waals surface area contributed by atoms with Crippen LogP contribution in [0.1, 0.15) is 40.5 Å². The van der Waals surface area contributed by atoms with Gasteiger partial charge in [0.15, 0.2) is 0 Å². The Hall–Kier alpha value is -1.57. The average molecular weight is 244 g/mol. The normalized spacial score (nSPS) is 19.7. The number of hydrogen-bond acceptors (Lipinski definition) is 2. The lowest BCUT2D eigenvalue weighted by Gasteiger charge is -2.08. The lowest BCUT2D eigenvalue weighted by atomic mass is 10.1. The number of rotatable bonds is 3. The van der Waals surface area contributed by atoms with E-state index >= 15 is 0 Å². The van der Waals surface area contributed by atoms with Crippen LogP contribution in [-0.2, 0) is 0 Å². The summed E-state index contributed by atoms with van der Waals surface area (Å²) in [6.45, 7) is 9.06. The molecule has 0 aromatic heterocycles. The van der Waals surface area contributed by atoms with Gasteiger partial charge in [-0.1, -0.05) is 29.4 Å². The Balaban J connectivity index is 2.76. The molecule has 0 amide bonds. The second-order valence-electron chi connectivity index (χ2n) is 4.95. The van der Waals surface area contributed by atoms with Crippen LogP contribution in [0.5, 0.6) is 0 Å². The number of aliphatic imine (C=N–C) groups is 1. The quantitative estimate of drug-likeness (QED) is 0.802. The predicted octanol–water partition coefficient (Wildman–Crippen LogP) is 3.92. The van der Waals surface area contributed by atoms with E-state index < -0.39 is 0 Å². The maximum absolute atomic E-state index is 5.96. The van der Waals surface area contributed by atoms with Gasteiger partial charge in [0.1, 0.15) is 0 Å². The van der Waals surface area contributed by atoms with Crippen molar-refractivity contribution in [1.82, 2.24) is 0 Å². The predicted molar refractivity (Wildman–Crippen MR) is 80.8 cm³/mol. The van der Waals surface area contributed by atoms with Crippen molar-refractivity contribution in [2.75, 3.05) is 6.54 Å². The van der Waals surface area contributed by atoms with Crippen molar-refractivity contribution in [3.05, 3.63) is 46.7 Å². The minimum Gasteiger partial charge on any atom is -0.402 e. The Morgan fingerprint density at radius 2 is 2.11 bits per heavy atom. The van der Waals surface area contributed by atoms with Crippen LogP contribution in [0.2, 0.25) is 0 Å². The fourth-order valence-electron chi connectivity index (χ4n) is 1.70. The molecule has 0 bridgehead atoms. The van der Waals surface area contributed by atoms with Crippen LogP contribution in [0, 0.1) is 0 Å². The topological polar surface area (TPSA) is 38.4 Å². The molecule has 0 unspecified atom stereocenters. The van der Waals surface area contributed by atoms with Crippen LogP contribution in [0.3, 0.4) is 0 Å². The fourth-order valence-corrected chi connectivity index (χ4v) is 1.70. The summed E-state index contributed by atoms with van der Waals surface area (Å²) in [6, 6.07) is 0. The van der Waals surface area contributed by atoms with Gasteiger partial charge in [-0.25, -0.2) is 0 Å². The zero-order valence-corrected chi connectivity index (χ0v) is 12.0. The second-order valence-corrected chi connectivity index (χ2v) is 4.95. The molecule has 0 aromatic rings. The molecule has 1 aliphatic rings. The van der Waals surface area contributed by atoms with Crippen molar-refractivity contribution in [2.24, 2.45) is 10.7 Å². The van der Waals surface area contributed by atoms with Crippen molar-refractivity contribution >= 4 is 5.71 Å². The SMILES string of the molecule is C/C=C1C=C(C)CN=C(CCC(N)=C(C)C)/C=C\1.